The van der Waals surface area contributed by atoms with Crippen LogP contribution in [0.2, 0.25) is 0 Å². The zero-order valence-electron chi connectivity index (χ0n) is 15.2. The number of rotatable bonds is 7. The van der Waals surface area contributed by atoms with Crippen molar-refractivity contribution in [2.75, 3.05) is 20.6 Å². The maximum Gasteiger partial charge on any atom is 0.254 e. The van der Waals surface area contributed by atoms with Gasteiger partial charge in [-0.25, -0.2) is 4.68 Å². The molecular weight excluding hydrogens is 324 g/mol. The van der Waals surface area contributed by atoms with Crippen LogP contribution in [0.4, 0.5) is 0 Å². The Kier molecular flexibility index (Phi) is 5.81. The third kappa shape index (κ3) is 4.58. The molecule has 1 N–H and O–H groups in total. The molecule has 1 amide bonds. The Hall–Kier alpha value is -2.92. The molecule has 2 aromatic carbocycles. The van der Waals surface area contributed by atoms with E-state index in [2.05, 4.69) is 27.4 Å². The van der Waals surface area contributed by atoms with Gasteiger partial charge in [0.25, 0.3) is 5.91 Å². The van der Waals surface area contributed by atoms with Gasteiger partial charge in [0.2, 0.25) is 0 Å². The van der Waals surface area contributed by atoms with E-state index in [1.807, 2.05) is 62.6 Å². The molecule has 0 saturated carbocycles. The van der Waals surface area contributed by atoms with Crippen molar-refractivity contribution in [2.24, 2.45) is 0 Å². The molecule has 0 bridgehead atoms. The van der Waals surface area contributed by atoms with Crippen molar-refractivity contribution in [2.45, 2.75) is 12.5 Å². The minimum atomic E-state index is -0.105. The summed E-state index contributed by atoms with van der Waals surface area (Å²) in [7, 11) is 4.07. The lowest BCUT2D eigenvalue weighted by Crippen LogP contribution is -2.41. The van der Waals surface area contributed by atoms with Crippen molar-refractivity contribution in [3.8, 4) is 5.69 Å². The third-order valence-corrected chi connectivity index (χ3v) is 4.41. The fourth-order valence-corrected chi connectivity index (χ4v) is 2.80. The van der Waals surface area contributed by atoms with Gasteiger partial charge in [0.1, 0.15) is 0 Å². The van der Waals surface area contributed by atoms with Gasteiger partial charge in [-0.3, -0.25) is 4.79 Å². The molecule has 0 spiro atoms. The Morgan fingerprint density at radius 2 is 1.73 bits per heavy atom. The highest BCUT2D eigenvalue weighted by Gasteiger charge is 2.15. The van der Waals surface area contributed by atoms with Crippen molar-refractivity contribution in [1.29, 1.82) is 0 Å². The van der Waals surface area contributed by atoms with Crippen LogP contribution in [0.5, 0.6) is 0 Å². The van der Waals surface area contributed by atoms with Crippen LogP contribution in [0.1, 0.15) is 15.9 Å². The van der Waals surface area contributed by atoms with E-state index in [-0.39, 0.29) is 11.9 Å². The number of amides is 1. The summed E-state index contributed by atoms with van der Waals surface area (Å²) in [4.78, 5) is 14.6. The van der Waals surface area contributed by atoms with E-state index >= 15 is 0 Å². The second-order valence-electron chi connectivity index (χ2n) is 6.53. The molecule has 1 unspecified atom stereocenters. The average molecular weight is 348 g/mol. The van der Waals surface area contributed by atoms with Crippen molar-refractivity contribution >= 4 is 5.91 Å². The van der Waals surface area contributed by atoms with E-state index in [4.69, 9.17) is 0 Å². The maximum atomic E-state index is 12.5. The molecule has 26 heavy (non-hydrogen) atoms. The highest BCUT2D eigenvalue weighted by atomic mass is 16.1. The van der Waals surface area contributed by atoms with Crippen LogP contribution in [0.25, 0.3) is 5.69 Å². The molecule has 1 atom stereocenters. The molecular formula is C21H24N4O. The summed E-state index contributed by atoms with van der Waals surface area (Å²) in [5, 5.41) is 7.31. The molecule has 5 nitrogen and oxygen atoms in total. The second kappa shape index (κ2) is 8.45. The SMILES string of the molecule is CN(C)C(CNC(=O)c1cnn(-c2ccccc2)c1)Cc1ccccc1. The number of aromatic nitrogens is 2. The smallest absolute Gasteiger partial charge is 0.254 e. The lowest BCUT2D eigenvalue weighted by molar-refractivity contribution is 0.0941. The number of carbonyl (C=O) groups excluding carboxylic acids is 1. The molecule has 0 saturated heterocycles. The van der Waals surface area contributed by atoms with Gasteiger partial charge in [0.15, 0.2) is 0 Å². The monoisotopic (exact) mass is 348 g/mol. The predicted molar refractivity (Wildman–Crippen MR) is 104 cm³/mol. The fourth-order valence-electron chi connectivity index (χ4n) is 2.80. The van der Waals surface area contributed by atoms with Crippen molar-refractivity contribution in [3.63, 3.8) is 0 Å². The summed E-state index contributed by atoms with van der Waals surface area (Å²) in [6.07, 6.45) is 4.24. The van der Waals surface area contributed by atoms with Gasteiger partial charge in [-0.15, -0.1) is 0 Å². The van der Waals surface area contributed by atoms with Crippen LogP contribution in [-0.2, 0) is 6.42 Å². The molecule has 3 rings (SSSR count). The predicted octanol–water partition coefficient (Wildman–Crippen LogP) is 2.78. The van der Waals surface area contributed by atoms with Gasteiger partial charge in [-0.05, 0) is 38.2 Å². The Bertz CT molecular complexity index is 827. The maximum absolute atomic E-state index is 12.5. The second-order valence-corrected chi connectivity index (χ2v) is 6.53. The number of nitrogens with zero attached hydrogens (tertiary/aromatic N) is 3. The number of nitrogens with one attached hydrogen (secondary N) is 1. The summed E-state index contributed by atoms with van der Waals surface area (Å²) < 4.78 is 1.71. The molecule has 1 heterocycles. The molecule has 0 aliphatic carbocycles. The van der Waals surface area contributed by atoms with E-state index < -0.39 is 0 Å². The summed E-state index contributed by atoms with van der Waals surface area (Å²) in [6.45, 7) is 0.581. The fraction of sp³-hybridized carbons (Fsp3) is 0.238. The molecule has 1 aromatic heterocycles. The van der Waals surface area contributed by atoms with Gasteiger partial charge < -0.3 is 10.2 Å². The molecule has 134 valence electrons. The van der Waals surface area contributed by atoms with Crippen LogP contribution in [0.15, 0.2) is 73.1 Å². The first kappa shape index (κ1) is 17.9. The van der Waals surface area contributed by atoms with E-state index in [0.29, 0.717) is 12.1 Å². The van der Waals surface area contributed by atoms with Crippen molar-refractivity contribution in [3.05, 3.63) is 84.2 Å². The van der Waals surface area contributed by atoms with E-state index in [9.17, 15) is 4.79 Å². The van der Waals surface area contributed by atoms with E-state index in [1.54, 1.807) is 17.1 Å². The summed E-state index contributed by atoms with van der Waals surface area (Å²) in [5.74, 6) is -0.105. The number of hydrogen-bond donors (Lipinski definition) is 1. The van der Waals surface area contributed by atoms with Crippen LogP contribution in [0.3, 0.4) is 0 Å². The van der Waals surface area contributed by atoms with Crippen LogP contribution in [0, 0.1) is 0 Å². The van der Waals surface area contributed by atoms with Gasteiger partial charge in [0, 0.05) is 18.8 Å². The molecule has 0 fully saturated rings. The minimum absolute atomic E-state index is 0.105. The molecule has 0 aliphatic heterocycles. The first-order chi connectivity index (χ1) is 12.6. The molecule has 0 radical (unpaired) electrons. The number of carbonyl (C=O) groups is 1. The molecule has 0 aliphatic rings. The lowest BCUT2D eigenvalue weighted by atomic mass is 10.1. The first-order valence-electron chi connectivity index (χ1n) is 8.72. The highest BCUT2D eigenvalue weighted by Crippen LogP contribution is 2.09. The quantitative estimate of drug-likeness (QED) is 0.714. The Morgan fingerprint density at radius 1 is 1.08 bits per heavy atom. The van der Waals surface area contributed by atoms with E-state index in [1.165, 1.54) is 5.56 Å². The Morgan fingerprint density at radius 3 is 2.38 bits per heavy atom. The topological polar surface area (TPSA) is 50.2 Å². The lowest BCUT2D eigenvalue weighted by Gasteiger charge is -2.24. The number of para-hydroxylation sites is 1. The first-order valence-corrected chi connectivity index (χ1v) is 8.72. The van der Waals surface area contributed by atoms with Gasteiger partial charge in [-0.2, -0.15) is 5.10 Å². The van der Waals surface area contributed by atoms with E-state index in [0.717, 1.165) is 12.1 Å². The highest BCUT2D eigenvalue weighted by molar-refractivity contribution is 5.93. The van der Waals surface area contributed by atoms with Crippen molar-refractivity contribution < 1.29 is 4.79 Å². The molecule has 3 aromatic rings. The van der Waals surface area contributed by atoms with Crippen LogP contribution < -0.4 is 5.32 Å². The summed E-state index contributed by atoms with van der Waals surface area (Å²) in [6, 6.07) is 20.3. The minimum Gasteiger partial charge on any atom is -0.350 e. The summed E-state index contributed by atoms with van der Waals surface area (Å²) in [5.41, 5.74) is 2.75. The van der Waals surface area contributed by atoms with Crippen LogP contribution in [-0.4, -0.2) is 47.3 Å². The van der Waals surface area contributed by atoms with Gasteiger partial charge in [0.05, 0.1) is 17.4 Å². The zero-order chi connectivity index (χ0) is 18.4. The normalized spacial score (nSPS) is 12.1. The standard InChI is InChI=1S/C21H24N4O/c1-24(2)20(13-17-9-5-3-6-10-17)15-22-21(26)18-14-23-25(16-18)19-11-7-4-8-12-19/h3-12,14,16,20H,13,15H2,1-2H3,(H,22,26). The largest absolute Gasteiger partial charge is 0.350 e. The Labute approximate surface area is 154 Å². The number of likely N-dealkylation sites (N-methyl/N-ethyl adjacent to an activating group) is 1. The molecule has 5 heteroatoms. The van der Waals surface area contributed by atoms with Crippen LogP contribution >= 0.6 is 0 Å². The number of hydrogen-bond acceptors (Lipinski definition) is 3. The third-order valence-electron chi connectivity index (χ3n) is 4.41. The van der Waals surface area contributed by atoms with Gasteiger partial charge >= 0.3 is 0 Å². The Balaban J connectivity index is 1.61. The number of benzene rings is 2. The summed E-state index contributed by atoms with van der Waals surface area (Å²) >= 11 is 0. The van der Waals surface area contributed by atoms with Crippen molar-refractivity contribution in [1.82, 2.24) is 20.0 Å². The van der Waals surface area contributed by atoms with Gasteiger partial charge in [-0.1, -0.05) is 48.5 Å². The zero-order valence-corrected chi connectivity index (χ0v) is 15.2. The average Bonchev–Trinajstić information content (AvgIpc) is 3.16.